The first-order valence-corrected chi connectivity index (χ1v) is 7.52. The smallest absolute Gasteiger partial charge is 0.0627 e. The van der Waals surface area contributed by atoms with Crippen molar-refractivity contribution in [2.45, 2.75) is 70.9 Å². The summed E-state index contributed by atoms with van der Waals surface area (Å²) in [6.07, 6.45) is 10.6. The van der Waals surface area contributed by atoms with Crippen molar-refractivity contribution >= 4 is 0 Å². The normalized spacial score (nSPS) is 24.7. The van der Waals surface area contributed by atoms with Gasteiger partial charge in [0.2, 0.25) is 0 Å². The van der Waals surface area contributed by atoms with Crippen molar-refractivity contribution in [2.75, 3.05) is 0 Å². The molecule has 3 nitrogen and oxygen atoms in total. The van der Waals surface area contributed by atoms with E-state index in [4.69, 9.17) is 10.8 Å². The number of rotatable bonds is 5. The molecule has 102 valence electrons. The Morgan fingerprint density at radius 2 is 1.94 bits per heavy atom. The van der Waals surface area contributed by atoms with Gasteiger partial charge in [-0.25, -0.2) is 0 Å². The van der Waals surface area contributed by atoms with Crippen molar-refractivity contribution in [3.05, 3.63) is 18.0 Å². The summed E-state index contributed by atoms with van der Waals surface area (Å²) in [6.45, 7) is 4.47. The lowest BCUT2D eigenvalue weighted by Crippen LogP contribution is -2.27. The Morgan fingerprint density at radius 1 is 1.28 bits per heavy atom. The third-order valence-corrected chi connectivity index (χ3v) is 4.37. The van der Waals surface area contributed by atoms with Crippen LogP contribution in [0.5, 0.6) is 0 Å². The predicted molar refractivity (Wildman–Crippen MR) is 75.5 cm³/mol. The highest BCUT2D eigenvalue weighted by Crippen LogP contribution is 2.26. The molecule has 1 saturated carbocycles. The molecule has 0 saturated heterocycles. The van der Waals surface area contributed by atoms with Crippen LogP contribution < -0.4 is 5.73 Å². The van der Waals surface area contributed by atoms with Gasteiger partial charge in [-0.15, -0.1) is 0 Å². The highest BCUT2D eigenvalue weighted by atomic mass is 15.3. The molecule has 0 aromatic carbocycles. The Morgan fingerprint density at radius 3 is 2.56 bits per heavy atom. The van der Waals surface area contributed by atoms with Gasteiger partial charge in [-0.2, -0.15) is 5.10 Å². The summed E-state index contributed by atoms with van der Waals surface area (Å²) >= 11 is 0. The molecule has 0 bridgehead atoms. The summed E-state index contributed by atoms with van der Waals surface area (Å²) < 4.78 is 2.16. The van der Waals surface area contributed by atoms with Crippen LogP contribution in [0.25, 0.3) is 0 Å². The van der Waals surface area contributed by atoms with Crippen molar-refractivity contribution < 1.29 is 0 Å². The molecule has 0 atom stereocenters. The average molecular weight is 249 g/mol. The summed E-state index contributed by atoms with van der Waals surface area (Å²) in [6, 6.07) is 3.22. The minimum Gasteiger partial charge on any atom is -0.328 e. The van der Waals surface area contributed by atoms with Gasteiger partial charge in [0.05, 0.1) is 11.7 Å². The van der Waals surface area contributed by atoms with E-state index in [-0.39, 0.29) is 0 Å². The van der Waals surface area contributed by atoms with Crippen molar-refractivity contribution in [1.82, 2.24) is 9.78 Å². The number of nitrogens with two attached hydrogens (primary N) is 1. The molecule has 18 heavy (non-hydrogen) atoms. The molecule has 0 unspecified atom stereocenters. The van der Waals surface area contributed by atoms with E-state index in [0.717, 1.165) is 25.2 Å². The highest BCUT2D eigenvalue weighted by molar-refractivity contribution is 5.01. The summed E-state index contributed by atoms with van der Waals surface area (Å²) in [7, 11) is 0. The zero-order valence-electron chi connectivity index (χ0n) is 11.8. The fraction of sp³-hybridized carbons (Fsp3) is 0.800. The molecule has 0 amide bonds. The first-order valence-electron chi connectivity index (χ1n) is 7.52. The second-order valence-electron chi connectivity index (χ2n) is 5.74. The largest absolute Gasteiger partial charge is 0.328 e. The van der Waals surface area contributed by atoms with Crippen molar-refractivity contribution in [3.63, 3.8) is 0 Å². The van der Waals surface area contributed by atoms with E-state index in [1.165, 1.54) is 31.4 Å². The number of nitrogens with zero attached hydrogens (tertiary/aromatic N) is 2. The van der Waals surface area contributed by atoms with Crippen molar-refractivity contribution in [3.8, 4) is 0 Å². The fourth-order valence-corrected chi connectivity index (χ4v) is 3.04. The average Bonchev–Trinajstić information content (AvgIpc) is 2.82. The van der Waals surface area contributed by atoms with Crippen LogP contribution in [0, 0.1) is 5.92 Å². The van der Waals surface area contributed by atoms with Crippen molar-refractivity contribution in [1.29, 1.82) is 0 Å². The van der Waals surface area contributed by atoms with Gasteiger partial charge in [0.25, 0.3) is 0 Å². The van der Waals surface area contributed by atoms with E-state index >= 15 is 0 Å². The summed E-state index contributed by atoms with van der Waals surface area (Å²) in [4.78, 5) is 0. The zero-order chi connectivity index (χ0) is 13.0. The van der Waals surface area contributed by atoms with E-state index in [1.54, 1.807) is 0 Å². The molecule has 0 aliphatic heterocycles. The van der Waals surface area contributed by atoms with Crippen LogP contribution in [0.15, 0.2) is 12.3 Å². The van der Waals surface area contributed by atoms with E-state index in [0.29, 0.717) is 12.1 Å². The standard InChI is InChI=1S/C15H27N3/c1-3-15(4-2)18-10-9-14(17-18)11-12-5-7-13(16)8-6-12/h9-10,12-13,15H,3-8,11,16H2,1-2H3. The van der Waals surface area contributed by atoms with Gasteiger partial charge in [0.1, 0.15) is 0 Å². The van der Waals surface area contributed by atoms with Gasteiger partial charge in [0.15, 0.2) is 0 Å². The molecule has 2 N–H and O–H groups in total. The van der Waals surface area contributed by atoms with Gasteiger partial charge in [-0.1, -0.05) is 13.8 Å². The summed E-state index contributed by atoms with van der Waals surface area (Å²) in [5.41, 5.74) is 7.22. The van der Waals surface area contributed by atoms with Gasteiger partial charge in [-0.05, 0) is 56.9 Å². The number of hydrogen-bond donors (Lipinski definition) is 1. The summed E-state index contributed by atoms with van der Waals surface area (Å²) in [5, 5.41) is 4.75. The van der Waals surface area contributed by atoms with Crippen LogP contribution in [0.3, 0.4) is 0 Å². The molecule has 1 fully saturated rings. The molecule has 1 aromatic heterocycles. The van der Waals surface area contributed by atoms with Gasteiger partial charge >= 0.3 is 0 Å². The quantitative estimate of drug-likeness (QED) is 0.870. The first kappa shape index (κ1) is 13.6. The Kier molecular flexibility index (Phi) is 4.81. The van der Waals surface area contributed by atoms with E-state index in [9.17, 15) is 0 Å². The third-order valence-electron chi connectivity index (χ3n) is 4.37. The maximum absolute atomic E-state index is 5.95. The Hall–Kier alpha value is -0.830. The number of hydrogen-bond acceptors (Lipinski definition) is 2. The van der Waals surface area contributed by atoms with Crippen molar-refractivity contribution in [2.24, 2.45) is 11.7 Å². The molecule has 1 heterocycles. The van der Waals surface area contributed by atoms with Crippen LogP contribution in [0.1, 0.15) is 64.1 Å². The van der Waals surface area contributed by atoms with E-state index in [1.807, 2.05) is 0 Å². The lowest BCUT2D eigenvalue weighted by molar-refractivity contribution is 0.321. The maximum atomic E-state index is 5.95. The molecule has 1 aliphatic rings. The Balaban J connectivity index is 1.90. The second-order valence-corrected chi connectivity index (χ2v) is 5.74. The molecular weight excluding hydrogens is 222 g/mol. The maximum Gasteiger partial charge on any atom is 0.0627 e. The molecule has 2 rings (SSSR count). The molecule has 0 radical (unpaired) electrons. The lowest BCUT2D eigenvalue weighted by atomic mass is 9.84. The Labute approximate surface area is 111 Å². The predicted octanol–water partition coefficient (Wildman–Crippen LogP) is 3.30. The van der Waals surface area contributed by atoms with E-state index < -0.39 is 0 Å². The lowest BCUT2D eigenvalue weighted by Gasteiger charge is -2.25. The zero-order valence-corrected chi connectivity index (χ0v) is 11.8. The van der Waals surface area contributed by atoms with Crippen LogP contribution in [-0.4, -0.2) is 15.8 Å². The SMILES string of the molecule is CCC(CC)n1ccc(CC2CCC(N)CC2)n1. The fourth-order valence-electron chi connectivity index (χ4n) is 3.04. The Bertz CT molecular complexity index is 346. The van der Waals surface area contributed by atoms with Gasteiger partial charge < -0.3 is 5.73 Å². The monoisotopic (exact) mass is 249 g/mol. The highest BCUT2D eigenvalue weighted by Gasteiger charge is 2.19. The van der Waals surface area contributed by atoms with Crippen LogP contribution in [-0.2, 0) is 6.42 Å². The molecule has 0 spiro atoms. The molecular formula is C15H27N3. The summed E-state index contributed by atoms with van der Waals surface area (Å²) in [5.74, 6) is 0.801. The van der Waals surface area contributed by atoms with Crippen LogP contribution in [0.4, 0.5) is 0 Å². The van der Waals surface area contributed by atoms with Gasteiger partial charge in [-0.3, -0.25) is 4.68 Å². The minimum absolute atomic E-state index is 0.448. The molecule has 1 aliphatic carbocycles. The topological polar surface area (TPSA) is 43.8 Å². The van der Waals surface area contributed by atoms with Crippen LogP contribution >= 0.6 is 0 Å². The molecule has 1 aromatic rings. The second kappa shape index (κ2) is 6.37. The number of aromatic nitrogens is 2. The minimum atomic E-state index is 0.448. The third kappa shape index (κ3) is 3.35. The van der Waals surface area contributed by atoms with Gasteiger partial charge in [0, 0.05) is 12.2 Å². The van der Waals surface area contributed by atoms with E-state index in [2.05, 4.69) is 30.8 Å². The first-order chi connectivity index (χ1) is 8.72. The molecule has 3 heteroatoms. The van der Waals surface area contributed by atoms with Crippen LogP contribution in [0.2, 0.25) is 0 Å².